The third-order valence-corrected chi connectivity index (χ3v) is 5.71. The van der Waals surface area contributed by atoms with Crippen LogP contribution in [0.1, 0.15) is 16.1 Å². The normalized spacial score (nSPS) is 10.9. The van der Waals surface area contributed by atoms with Gasteiger partial charge in [-0.05, 0) is 24.3 Å². The average Bonchev–Trinajstić information content (AvgIpc) is 3.09. The Bertz CT molecular complexity index is 1150. The van der Waals surface area contributed by atoms with Crippen LogP contribution in [0, 0.1) is 0 Å². The van der Waals surface area contributed by atoms with E-state index in [9.17, 15) is 4.79 Å². The molecule has 0 radical (unpaired) electrons. The number of carbonyl (C=O) groups is 1. The van der Waals surface area contributed by atoms with Crippen molar-refractivity contribution in [3.05, 3.63) is 82.3 Å². The summed E-state index contributed by atoms with van der Waals surface area (Å²) in [5, 5.41) is 4.91. The molecule has 0 spiro atoms. The maximum Gasteiger partial charge on any atom is 0.291 e. The van der Waals surface area contributed by atoms with Gasteiger partial charge in [0, 0.05) is 29.1 Å². The highest BCUT2D eigenvalue weighted by molar-refractivity contribution is 7.98. The lowest BCUT2D eigenvalue weighted by molar-refractivity contribution is 0.0998. The maximum absolute atomic E-state index is 12.9. The second-order valence-corrected chi connectivity index (χ2v) is 7.51. The molecule has 0 aliphatic carbocycles. The fourth-order valence-corrected chi connectivity index (χ4v) is 3.88. The molecule has 4 rings (SSSR count). The number of benzene rings is 2. The van der Waals surface area contributed by atoms with Gasteiger partial charge in [-0.25, -0.2) is 9.97 Å². The second kappa shape index (κ2) is 8.22. The Morgan fingerprint density at radius 3 is 2.64 bits per heavy atom. The van der Waals surface area contributed by atoms with E-state index in [1.165, 1.54) is 11.8 Å². The van der Waals surface area contributed by atoms with Crippen LogP contribution in [0.25, 0.3) is 11.0 Å². The Balaban J connectivity index is 1.67. The molecule has 2 heterocycles. The van der Waals surface area contributed by atoms with Crippen molar-refractivity contribution in [3.63, 3.8) is 0 Å². The number of nitrogens with one attached hydrogen (secondary N) is 1. The Labute approximate surface area is 175 Å². The molecule has 0 fully saturated rings. The Morgan fingerprint density at radius 1 is 1.04 bits per heavy atom. The van der Waals surface area contributed by atoms with Crippen molar-refractivity contribution in [1.29, 1.82) is 0 Å². The molecule has 0 atom stereocenters. The Morgan fingerprint density at radius 2 is 1.82 bits per heavy atom. The summed E-state index contributed by atoms with van der Waals surface area (Å²) in [5.41, 5.74) is 1.82. The average molecular weight is 430 g/mol. The molecule has 0 unspecified atom stereocenters. The predicted molar refractivity (Wildman–Crippen MR) is 112 cm³/mol. The van der Waals surface area contributed by atoms with Crippen LogP contribution >= 0.6 is 35.0 Å². The molecule has 2 aromatic carbocycles. The zero-order chi connectivity index (χ0) is 19.5. The first-order valence-corrected chi connectivity index (χ1v) is 10.0. The van der Waals surface area contributed by atoms with Gasteiger partial charge in [0.1, 0.15) is 5.58 Å². The lowest BCUT2D eigenvalue weighted by Gasteiger charge is -2.08. The summed E-state index contributed by atoms with van der Waals surface area (Å²) in [6, 6.07) is 14.3. The molecule has 1 amide bonds. The largest absolute Gasteiger partial charge is 0.451 e. The minimum Gasteiger partial charge on any atom is -0.451 e. The molecule has 28 heavy (non-hydrogen) atoms. The molecule has 1 N–H and O–H groups in total. The zero-order valence-corrected chi connectivity index (χ0v) is 16.7. The van der Waals surface area contributed by atoms with Gasteiger partial charge in [-0.15, -0.1) is 0 Å². The smallest absolute Gasteiger partial charge is 0.291 e. The van der Waals surface area contributed by atoms with E-state index in [0.717, 1.165) is 10.9 Å². The summed E-state index contributed by atoms with van der Waals surface area (Å²) >= 11 is 13.6. The van der Waals surface area contributed by atoms with Crippen LogP contribution in [-0.4, -0.2) is 15.9 Å². The van der Waals surface area contributed by atoms with E-state index in [2.05, 4.69) is 15.3 Å². The van der Waals surface area contributed by atoms with Gasteiger partial charge in [0.15, 0.2) is 10.9 Å². The number of nitrogens with zero attached hydrogens (tertiary/aromatic N) is 2. The van der Waals surface area contributed by atoms with Crippen LogP contribution in [0.3, 0.4) is 0 Å². The molecular formula is C20H13Cl2N3O2S. The van der Waals surface area contributed by atoms with Crippen LogP contribution < -0.4 is 5.32 Å². The van der Waals surface area contributed by atoms with E-state index < -0.39 is 5.91 Å². The highest BCUT2D eigenvalue weighted by Crippen LogP contribution is 2.33. The summed E-state index contributed by atoms with van der Waals surface area (Å²) in [6.07, 6.45) is 3.36. The van der Waals surface area contributed by atoms with Crippen molar-refractivity contribution in [1.82, 2.24) is 9.97 Å². The first-order valence-electron chi connectivity index (χ1n) is 8.29. The number of aromatic nitrogens is 2. The highest BCUT2D eigenvalue weighted by atomic mass is 35.5. The Kier molecular flexibility index (Phi) is 5.52. The van der Waals surface area contributed by atoms with Crippen molar-refractivity contribution in [2.24, 2.45) is 0 Å². The fourth-order valence-electron chi connectivity index (χ4n) is 2.70. The minimum absolute atomic E-state index is 0.223. The number of para-hydroxylation sites is 1. The van der Waals surface area contributed by atoms with Crippen molar-refractivity contribution >= 4 is 57.5 Å². The number of amides is 1. The number of hydrogen-bond donors (Lipinski definition) is 1. The van der Waals surface area contributed by atoms with Gasteiger partial charge in [0.05, 0.1) is 15.7 Å². The molecule has 0 aliphatic rings. The maximum atomic E-state index is 12.9. The molecule has 140 valence electrons. The Hall–Kier alpha value is -2.54. The van der Waals surface area contributed by atoms with Gasteiger partial charge >= 0.3 is 0 Å². The molecular weight excluding hydrogens is 417 g/mol. The second-order valence-electron chi connectivity index (χ2n) is 5.78. The number of hydrogen-bond acceptors (Lipinski definition) is 5. The number of fused-ring (bicyclic) bond motifs is 1. The van der Waals surface area contributed by atoms with Gasteiger partial charge in [0.2, 0.25) is 0 Å². The van der Waals surface area contributed by atoms with Gasteiger partial charge in [-0.3, -0.25) is 4.79 Å². The van der Waals surface area contributed by atoms with E-state index in [1.807, 2.05) is 24.3 Å². The lowest BCUT2D eigenvalue weighted by Crippen LogP contribution is -2.13. The molecule has 0 aliphatic heterocycles. The third-order valence-electron chi connectivity index (χ3n) is 3.99. The van der Waals surface area contributed by atoms with Crippen LogP contribution in [0.2, 0.25) is 10.0 Å². The van der Waals surface area contributed by atoms with E-state index in [0.29, 0.717) is 27.2 Å². The van der Waals surface area contributed by atoms with Crippen LogP contribution in [0.4, 0.5) is 5.69 Å². The van der Waals surface area contributed by atoms with E-state index >= 15 is 0 Å². The first kappa shape index (κ1) is 18.8. The fraction of sp³-hybridized carbons (Fsp3) is 0.0500. The first-order chi connectivity index (χ1) is 13.6. The number of carbonyl (C=O) groups excluding carboxylic acids is 1. The monoisotopic (exact) mass is 429 g/mol. The number of rotatable bonds is 5. The van der Waals surface area contributed by atoms with Gasteiger partial charge in [-0.2, -0.15) is 0 Å². The standard InChI is InChI=1S/C20H13Cl2N3O2S/c21-14-6-3-7-15(17(14)22)25-19(26)18-13(11-28-20-23-9-4-10-24-20)12-5-1-2-8-16(12)27-18/h1-10H,11H2,(H,25,26). The summed E-state index contributed by atoms with van der Waals surface area (Å²) in [4.78, 5) is 21.4. The number of halogens is 2. The molecule has 0 saturated carbocycles. The van der Waals surface area contributed by atoms with E-state index in [4.69, 9.17) is 27.6 Å². The van der Waals surface area contributed by atoms with Crippen molar-refractivity contribution < 1.29 is 9.21 Å². The minimum atomic E-state index is -0.398. The number of anilines is 1. The topological polar surface area (TPSA) is 68.0 Å². The quantitative estimate of drug-likeness (QED) is 0.307. The number of furan rings is 1. The van der Waals surface area contributed by atoms with Crippen molar-refractivity contribution in [2.75, 3.05) is 5.32 Å². The summed E-state index contributed by atoms with van der Waals surface area (Å²) in [6.45, 7) is 0. The molecule has 0 bridgehead atoms. The summed E-state index contributed by atoms with van der Waals surface area (Å²) in [5.74, 6) is 0.304. The number of thioether (sulfide) groups is 1. The predicted octanol–water partition coefficient (Wildman–Crippen LogP) is 6.07. The van der Waals surface area contributed by atoms with Gasteiger partial charge in [-0.1, -0.05) is 59.2 Å². The third kappa shape index (κ3) is 3.85. The van der Waals surface area contributed by atoms with Gasteiger partial charge < -0.3 is 9.73 Å². The van der Waals surface area contributed by atoms with E-state index in [-0.39, 0.29) is 10.8 Å². The summed E-state index contributed by atoms with van der Waals surface area (Å²) in [7, 11) is 0. The van der Waals surface area contributed by atoms with Crippen LogP contribution in [-0.2, 0) is 5.75 Å². The van der Waals surface area contributed by atoms with Crippen LogP contribution in [0.15, 0.2) is 70.5 Å². The zero-order valence-electron chi connectivity index (χ0n) is 14.4. The van der Waals surface area contributed by atoms with E-state index in [1.54, 1.807) is 36.7 Å². The molecule has 4 aromatic rings. The SMILES string of the molecule is O=C(Nc1cccc(Cl)c1Cl)c1oc2ccccc2c1CSc1ncccn1. The molecule has 8 heteroatoms. The molecule has 0 saturated heterocycles. The molecule has 2 aromatic heterocycles. The van der Waals surface area contributed by atoms with Gasteiger partial charge in [0.25, 0.3) is 5.91 Å². The lowest BCUT2D eigenvalue weighted by atomic mass is 10.1. The van der Waals surface area contributed by atoms with Crippen LogP contribution in [0.5, 0.6) is 0 Å². The highest BCUT2D eigenvalue weighted by Gasteiger charge is 2.22. The van der Waals surface area contributed by atoms with Crippen molar-refractivity contribution in [3.8, 4) is 0 Å². The van der Waals surface area contributed by atoms with Crippen molar-refractivity contribution in [2.45, 2.75) is 10.9 Å². The summed E-state index contributed by atoms with van der Waals surface area (Å²) < 4.78 is 5.85. The molecule has 5 nitrogen and oxygen atoms in total.